The number of benzene rings is 1. The maximum Gasteiger partial charge on any atom is 0.284 e. The molecule has 0 bridgehead atoms. The van der Waals surface area contributed by atoms with Crippen LogP contribution in [0.4, 0.5) is 0 Å². The zero-order chi connectivity index (χ0) is 19.0. The Morgan fingerprint density at radius 2 is 2.07 bits per heavy atom. The van der Waals surface area contributed by atoms with Crippen molar-refractivity contribution in [1.82, 2.24) is 15.5 Å². The summed E-state index contributed by atoms with van der Waals surface area (Å²) in [5.74, 6) is 1.08. The molecule has 2 heterocycles. The highest BCUT2D eigenvalue weighted by molar-refractivity contribution is 5.95. The predicted molar refractivity (Wildman–Crippen MR) is 94.8 cm³/mol. The number of carbonyl (C=O) groups is 2. The maximum atomic E-state index is 12.6. The SMILES string of the molecule is C[C@H](NC(=O)c1cccc(-c2ccc(C(N)=O)o2)c1)c1nc(C2CC2)no1. The van der Waals surface area contributed by atoms with Gasteiger partial charge in [-0.15, -0.1) is 0 Å². The summed E-state index contributed by atoms with van der Waals surface area (Å²) in [7, 11) is 0. The summed E-state index contributed by atoms with van der Waals surface area (Å²) in [5.41, 5.74) is 6.31. The van der Waals surface area contributed by atoms with E-state index >= 15 is 0 Å². The molecule has 0 saturated heterocycles. The molecule has 3 aromatic rings. The molecule has 4 rings (SSSR count). The van der Waals surface area contributed by atoms with Crippen molar-refractivity contribution >= 4 is 11.8 Å². The molecular formula is C19H18N4O4. The lowest BCUT2D eigenvalue weighted by atomic mass is 10.1. The Morgan fingerprint density at radius 3 is 2.78 bits per heavy atom. The molecule has 1 saturated carbocycles. The van der Waals surface area contributed by atoms with E-state index in [2.05, 4.69) is 15.5 Å². The molecule has 1 fully saturated rings. The number of hydrogen-bond donors (Lipinski definition) is 2. The van der Waals surface area contributed by atoms with Gasteiger partial charge in [0.05, 0.1) is 0 Å². The van der Waals surface area contributed by atoms with Crippen LogP contribution in [-0.2, 0) is 0 Å². The zero-order valence-electron chi connectivity index (χ0n) is 14.6. The molecule has 8 heteroatoms. The summed E-state index contributed by atoms with van der Waals surface area (Å²) in [5, 5.41) is 6.81. The van der Waals surface area contributed by atoms with Crippen LogP contribution in [-0.4, -0.2) is 22.0 Å². The maximum absolute atomic E-state index is 12.6. The van der Waals surface area contributed by atoms with E-state index < -0.39 is 11.9 Å². The third-order valence-electron chi connectivity index (χ3n) is 4.38. The van der Waals surface area contributed by atoms with E-state index in [0.717, 1.165) is 12.8 Å². The third kappa shape index (κ3) is 3.59. The van der Waals surface area contributed by atoms with Crippen LogP contribution in [0.5, 0.6) is 0 Å². The molecule has 1 aliphatic rings. The van der Waals surface area contributed by atoms with Gasteiger partial charge in [0.25, 0.3) is 11.8 Å². The van der Waals surface area contributed by atoms with Crippen molar-refractivity contribution in [3.63, 3.8) is 0 Å². The van der Waals surface area contributed by atoms with Crippen LogP contribution in [0.15, 0.2) is 45.3 Å². The van der Waals surface area contributed by atoms with Gasteiger partial charge in [-0.25, -0.2) is 0 Å². The molecule has 3 N–H and O–H groups in total. The van der Waals surface area contributed by atoms with Gasteiger partial charge in [-0.05, 0) is 44.0 Å². The second-order valence-electron chi connectivity index (χ2n) is 6.57. The molecule has 138 valence electrons. The largest absolute Gasteiger partial charge is 0.451 e. The van der Waals surface area contributed by atoms with E-state index in [1.807, 2.05) is 0 Å². The topological polar surface area (TPSA) is 124 Å². The van der Waals surface area contributed by atoms with Crippen molar-refractivity contribution in [1.29, 1.82) is 0 Å². The van der Waals surface area contributed by atoms with Crippen LogP contribution < -0.4 is 11.1 Å². The Balaban J connectivity index is 1.48. The molecule has 1 atom stereocenters. The van der Waals surface area contributed by atoms with E-state index in [0.29, 0.717) is 34.5 Å². The summed E-state index contributed by atoms with van der Waals surface area (Å²) in [6.07, 6.45) is 2.16. The Kier molecular flexibility index (Phi) is 4.23. The third-order valence-corrected chi connectivity index (χ3v) is 4.38. The number of nitrogens with zero attached hydrogens (tertiary/aromatic N) is 2. The summed E-state index contributed by atoms with van der Waals surface area (Å²) in [6.45, 7) is 1.79. The van der Waals surface area contributed by atoms with Crippen LogP contribution in [0.3, 0.4) is 0 Å². The van der Waals surface area contributed by atoms with E-state index in [1.165, 1.54) is 6.07 Å². The summed E-state index contributed by atoms with van der Waals surface area (Å²) in [4.78, 5) is 28.1. The monoisotopic (exact) mass is 366 g/mol. The Bertz CT molecular complexity index is 1000. The number of nitrogens with one attached hydrogen (secondary N) is 1. The fourth-order valence-corrected chi connectivity index (χ4v) is 2.71. The quantitative estimate of drug-likeness (QED) is 0.691. The van der Waals surface area contributed by atoms with Crippen molar-refractivity contribution in [2.75, 3.05) is 0 Å². The number of aromatic nitrogens is 2. The molecule has 1 aromatic carbocycles. The van der Waals surface area contributed by atoms with Gasteiger partial charge in [-0.2, -0.15) is 4.98 Å². The number of nitrogens with two attached hydrogens (primary N) is 1. The standard InChI is InChI=1S/C19H18N4O4/c1-10(19-22-17(23-27-19)11-5-6-11)21-18(25)13-4-2-3-12(9-13)14-7-8-15(26-14)16(20)24/h2-4,7-11H,5-6H2,1H3,(H2,20,24)(H,21,25)/t10-/m0/s1. The number of amides is 2. The number of hydrogen-bond acceptors (Lipinski definition) is 6. The number of primary amides is 1. The Morgan fingerprint density at radius 1 is 1.26 bits per heavy atom. The second kappa shape index (κ2) is 6.71. The van der Waals surface area contributed by atoms with Crippen molar-refractivity contribution in [2.24, 2.45) is 5.73 Å². The van der Waals surface area contributed by atoms with Gasteiger partial charge in [0.1, 0.15) is 11.8 Å². The van der Waals surface area contributed by atoms with Gasteiger partial charge in [0.2, 0.25) is 5.89 Å². The fraction of sp³-hybridized carbons (Fsp3) is 0.263. The van der Waals surface area contributed by atoms with Gasteiger partial charge in [0.15, 0.2) is 11.6 Å². The van der Waals surface area contributed by atoms with E-state index in [-0.39, 0.29) is 11.7 Å². The lowest BCUT2D eigenvalue weighted by Crippen LogP contribution is -2.26. The second-order valence-corrected chi connectivity index (χ2v) is 6.57. The smallest absolute Gasteiger partial charge is 0.284 e. The summed E-state index contributed by atoms with van der Waals surface area (Å²) in [6, 6.07) is 9.61. The van der Waals surface area contributed by atoms with E-state index in [9.17, 15) is 9.59 Å². The molecular weight excluding hydrogens is 348 g/mol. The van der Waals surface area contributed by atoms with Gasteiger partial charge < -0.3 is 20.0 Å². The number of furan rings is 1. The van der Waals surface area contributed by atoms with Gasteiger partial charge in [0, 0.05) is 17.0 Å². The van der Waals surface area contributed by atoms with Crippen LogP contribution >= 0.6 is 0 Å². The van der Waals surface area contributed by atoms with Crippen LogP contribution in [0.2, 0.25) is 0 Å². The highest BCUT2D eigenvalue weighted by atomic mass is 16.5. The minimum absolute atomic E-state index is 0.0661. The molecule has 27 heavy (non-hydrogen) atoms. The normalized spacial score (nSPS) is 14.7. The molecule has 2 aromatic heterocycles. The number of carbonyl (C=O) groups excluding carboxylic acids is 2. The van der Waals surface area contributed by atoms with Crippen LogP contribution in [0.1, 0.15) is 64.4 Å². The summed E-state index contributed by atoms with van der Waals surface area (Å²) >= 11 is 0. The lowest BCUT2D eigenvalue weighted by Gasteiger charge is -2.10. The minimum Gasteiger partial charge on any atom is -0.451 e. The fourth-order valence-electron chi connectivity index (χ4n) is 2.71. The average molecular weight is 366 g/mol. The van der Waals surface area contributed by atoms with Gasteiger partial charge >= 0.3 is 0 Å². The first kappa shape index (κ1) is 17.0. The minimum atomic E-state index is -0.644. The highest BCUT2D eigenvalue weighted by Crippen LogP contribution is 2.38. The molecule has 0 unspecified atom stereocenters. The predicted octanol–water partition coefficient (Wildman–Crippen LogP) is 2.80. The molecule has 0 spiro atoms. The first-order chi connectivity index (χ1) is 13.0. The van der Waals surface area contributed by atoms with Crippen molar-refractivity contribution in [3.05, 3.63) is 59.4 Å². The molecule has 0 radical (unpaired) electrons. The van der Waals surface area contributed by atoms with Crippen molar-refractivity contribution in [3.8, 4) is 11.3 Å². The zero-order valence-corrected chi connectivity index (χ0v) is 14.6. The molecule has 0 aliphatic heterocycles. The first-order valence-electron chi connectivity index (χ1n) is 8.65. The Hall–Kier alpha value is -3.42. The van der Waals surface area contributed by atoms with Gasteiger partial charge in [-0.3, -0.25) is 9.59 Å². The van der Waals surface area contributed by atoms with E-state index in [1.54, 1.807) is 37.3 Å². The molecule has 1 aliphatic carbocycles. The lowest BCUT2D eigenvalue weighted by molar-refractivity contribution is 0.0931. The highest BCUT2D eigenvalue weighted by Gasteiger charge is 2.29. The van der Waals surface area contributed by atoms with Gasteiger partial charge in [-0.1, -0.05) is 17.3 Å². The Labute approximate surface area is 154 Å². The first-order valence-corrected chi connectivity index (χ1v) is 8.65. The molecule has 8 nitrogen and oxygen atoms in total. The van der Waals surface area contributed by atoms with Crippen molar-refractivity contribution in [2.45, 2.75) is 31.7 Å². The average Bonchev–Trinajstić information content (AvgIpc) is 3.19. The van der Waals surface area contributed by atoms with Crippen LogP contribution in [0, 0.1) is 0 Å². The molecule has 2 amide bonds. The number of rotatable bonds is 6. The van der Waals surface area contributed by atoms with E-state index in [4.69, 9.17) is 14.7 Å². The van der Waals surface area contributed by atoms with Crippen molar-refractivity contribution < 1.29 is 18.5 Å². The van der Waals surface area contributed by atoms with Crippen LogP contribution in [0.25, 0.3) is 11.3 Å². The summed E-state index contributed by atoms with van der Waals surface area (Å²) < 4.78 is 10.7.